The molecule has 0 fully saturated rings. The van der Waals surface area contributed by atoms with Crippen LogP contribution in [0, 0.1) is 0 Å². The Morgan fingerprint density at radius 3 is 2.83 bits per heavy atom. The third-order valence-electron chi connectivity index (χ3n) is 4.10. The molecule has 3 aromatic heterocycles. The summed E-state index contributed by atoms with van der Waals surface area (Å²) in [6.07, 6.45) is 1.61. The number of anilines is 3. The Labute approximate surface area is 165 Å². The summed E-state index contributed by atoms with van der Waals surface area (Å²) < 4.78 is 5.57. The molecule has 0 bridgehead atoms. The van der Waals surface area contributed by atoms with E-state index in [4.69, 9.17) is 15.3 Å². The summed E-state index contributed by atoms with van der Waals surface area (Å²) in [5, 5.41) is 14.5. The van der Waals surface area contributed by atoms with E-state index in [0.717, 1.165) is 5.56 Å². The van der Waals surface area contributed by atoms with E-state index in [1.165, 1.54) is 0 Å². The minimum absolute atomic E-state index is 0.0292. The minimum Gasteiger partial charge on any atom is -0.423 e. The maximum absolute atomic E-state index is 12.6. The van der Waals surface area contributed by atoms with Crippen LogP contribution in [0.15, 0.2) is 59.1 Å². The summed E-state index contributed by atoms with van der Waals surface area (Å²) in [7, 11) is 0. The number of amides is 1. The van der Waals surface area contributed by atoms with Crippen LogP contribution in [0.3, 0.4) is 0 Å². The lowest BCUT2D eigenvalue weighted by molar-refractivity contribution is 0.102. The largest absolute Gasteiger partial charge is 0.423 e. The predicted octanol–water partition coefficient (Wildman–Crippen LogP) is 2.52. The molecule has 1 amide bonds. The Kier molecular flexibility index (Phi) is 5.04. The molecule has 9 heteroatoms. The molecular formula is C20H18N6O3. The molecule has 1 aromatic carbocycles. The number of oxazole rings is 1. The summed E-state index contributed by atoms with van der Waals surface area (Å²) >= 11 is 0. The number of aliphatic hydroxyl groups is 1. The maximum atomic E-state index is 12.6. The van der Waals surface area contributed by atoms with Crippen molar-refractivity contribution < 1.29 is 14.3 Å². The van der Waals surface area contributed by atoms with Crippen molar-refractivity contribution in [1.29, 1.82) is 0 Å². The minimum atomic E-state index is -0.354. The van der Waals surface area contributed by atoms with Gasteiger partial charge in [0, 0.05) is 30.1 Å². The Morgan fingerprint density at radius 1 is 1.14 bits per heavy atom. The highest BCUT2D eigenvalue weighted by atomic mass is 16.4. The van der Waals surface area contributed by atoms with E-state index in [9.17, 15) is 4.79 Å². The van der Waals surface area contributed by atoms with Gasteiger partial charge in [-0.3, -0.25) is 4.79 Å². The fourth-order valence-corrected chi connectivity index (χ4v) is 2.71. The van der Waals surface area contributed by atoms with Crippen molar-refractivity contribution >= 4 is 34.5 Å². The van der Waals surface area contributed by atoms with Crippen LogP contribution in [0.5, 0.6) is 0 Å². The highest BCUT2D eigenvalue weighted by Crippen LogP contribution is 2.23. The number of carbonyl (C=O) groups is 1. The summed E-state index contributed by atoms with van der Waals surface area (Å²) in [6, 6.07) is 14.1. The molecule has 0 aliphatic heterocycles. The second-order valence-corrected chi connectivity index (χ2v) is 6.19. The van der Waals surface area contributed by atoms with Crippen molar-refractivity contribution in [3.8, 4) is 11.3 Å². The maximum Gasteiger partial charge on any atom is 0.295 e. The molecule has 0 radical (unpaired) electrons. The SMILES string of the molecule is Nc1ccc(-c2cccc(C(=O)Nc3ccc4nc(NCCO)oc4c3)n2)cn1. The first kappa shape index (κ1) is 18.4. The number of nitrogens with zero attached hydrogens (tertiary/aromatic N) is 3. The Morgan fingerprint density at radius 2 is 2.03 bits per heavy atom. The van der Waals surface area contributed by atoms with Crippen LogP contribution in [0.4, 0.5) is 17.5 Å². The van der Waals surface area contributed by atoms with Gasteiger partial charge in [0.25, 0.3) is 11.9 Å². The number of fused-ring (bicyclic) bond motifs is 1. The summed E-state index contributed by atoms with van der Waals surface area (Å²) in [5.41, 5.74) is 8.96. The normalized spacial score (nSPS) is 10.8. The lowest BCUT2D eigenvalue weighted by Crippen LogP contribution is -2.13. The zero-order valence-corrected chi connectivity index (χ0v) is 15.3. The third-order valence-corrected chi connectivity index (χ3v) is 4.10. The first-order chi connectivity index (χ1) is 14.1. The lowest BCUT2D eigenvalue weighted by atomic mass is 10.1. The van der Waals surface area contributed by atoms with Crippen molar-refractivity contribution in [3.63, 3.8) is 0 Å². The summed E-state index contributed by atoms with van der Waals surface area (Å²) in [4.78, 5) is 25.3. The molecule has 29 heavy (non-hydrogen) atoms. The van der Waals surface area contributed by atoms with E-state index in [-0.39, 0.29) is 18.2 Å². The van der Waals surface area contributed by atoms with Gasteiger partial charge in [0.1, 0.15) is 17.0 Å². The zero-order chi connectivity index (χ0) is 20.2. The quantitative estimate of drug-likeness (QED) is 0.394. The van der Waals surface area contributed by atoms with Crippen LogP contribution in [0.2, 0.25) is 0 Å². The number of nitrogens with one attached hydrogen (secondary N) is 2. The van der Waals surface area contributed by atoms with E-state index in [1.54, 1.807) is 54.7 Å². The molecule has 0 spiro atoms. The van der Waals surface area contributed by atoms with Gasteiger partial charge in [-0.05, 0) is 36.4 Å². The number of nitrogen functional groups attached to an aromatic ring is 1. The van der Waals surface area contributed by atoms with Gasteiger partial charge in [0.15, 0.2) is 5.58 Å². The Balaban J connectivity index is 1.53. The molecule has 0 aliphatic rings. The van der Waals surface area contributed by atoms with Gasteiger partial charge in [0.05, 0.1) is 12.3 Å². The number of rotatable bonds is 6. The smallest absolute Gasteiger partial charge is 0.295 e. The van der Waals surface area contributed by atoms with Gasteiger partial charge >= 0.3 is 0 Å². The number of hydrogen-bond donors (Lipinski definition) is 4. The average molecular weight is 390 g/mol. The molecule has 146 valence electrons. The van der Waals surface area contributed by atoms with Gasteiger partial charge in [-0.15, -0.1) is 0 Å². The van der Waals surface area contributed by atoms with Gasteiger partial charge in [0.2, 0.25) is 0 Å². The number of benzene rings is 1. The summed E-state index contributed by atoms with van der Waals surface area (Å²) in [5.74, 6) is 0.0629. The van der Waals surface area contributed by atoms with Crippen LogP contribution < -0.4 is 16.4 Å². The third kappa shape index (κ3) is 4.14. The van der Waals surface area contributed by atoms with E-state index >= 15 is 0 Å². The second-order valence-electron chi connectivity index (χ2n) is 6.19. The van der Waals surface area contributed by atoms with Crippen LogP contribution >= 0.6 is 0 Å². The van der Waals surface area contributed by atoms with E-state index in [0.29, 0.717) is 40.9 Å². The topological polar surface area (TPSA) is 139 Å². The summed E-state index contributed by atoms with van der Waals surface area (Å²) in [6.45, 7) is 0.306. The van der Waals surface area contributed by atoms with E-state index in [2.05, 4.69) is 25.6 Å². The van der Waals surface area contributed by atoms with Gasteiger partial charge in [-0.2, -0.15) is 4.98 Å². The van der Waals surface area contributed by atoms with Crippen molar-refractivity contribution in [2.75, 3.05) is 29.5 Å². The Hall–Kier alpha value is -3.98. The van der Waals surface area contributed by atoms with E-state index < -0.39 is 0 Å². The van der Waals surface area contributed by atoms with Crippen molar-refractivity contribution in [2.24, 2.45) is 0 Å². The molecule has 3 heterocycles. The fourth-order valence-electron chi connectivity index (χ4n) is 2.71. The molecule has 0 saturated carbocycles. The van der Waals surface area contributed by atoms with E-state index in [1.807, 2.05) is 0 Å². The van der Waals surface area contributed by atoms with Crippen LogP contribution in [0.1, 0.15) is 10.5 Å². The lowest BCUT2D eigenvalue weighted by Gasteiger charge is -2.06. The Bertz CT molecular complexity index is 1160. The van der Waals surface area contributed by atoms with Crippen LogP contribution in [-0.2, 0) is 0 Å². The molecule has 0 saturated heterocycles. The highest BCUT2D eigenvalue weighted by molar-refractivity contribution is 6.03. The standard InChI is InChI=1S/C20H18N6O3/c21-18-7-4-12(11-23-18)14-2-1-3-16(25-14)19(28)24-13-5-6-15-17(10-13)29-20(26-15)22-8-9-27/h1-7,10-11,27H,8-9H2,(H2,21,23)(H,22,26)(H,24,28). The number of pyridine rings is 2. The predicted molar refractivity (Wildman–Crippen MR) is 109 cm³/mol. The van der Waals surface area contributed by atoms with Gasteiger partial charge < -0.3 is 25.9 Å². The average Bonchev–Trinajstić information content (AvgIpc) is 3.15. The molecule has 9 nitrogen and oxygen atoms in total. The molecule has 0 unspecified atom stereocenters. The first-order valence-corrected chi connectivity index (χ1v) is 8.88. The highest BCUT2D eigenvalue weighted by Gasteiger charge is 2.12. The van der Waals surface area contributed by atoms with Crippen LogP contribution in [-0.4, -0.2) is 39.1 Å². The zero-order valence-electron chi connectivity index (χ0n) is 15.3. The number of nitrogens with two attached hydrogens (primary N) is 1. The fraction of sp³-hybridized carbons (Fsp3) is 0.100. The number of aliphatic hydroxyl groups excluding tert-OH is 1. The number of aromatic nitrogens is 3. The number of hydrogen-bond acceptors (Lipinski definition) is 8. The second kappa shape index (κ2) is 7.95. The van der Waals surface area contributed by atoms with Gasteiger partial charge in [-0.1, -0.05) is 6.07 Å². The van der Waals surface area contributed by atoms with Crippen molar-refractivity contribution in [2.45, 2.75) is 0 Å². The monoisotopic (exact) mass is 390 g/mol. The molecule has 0 atom stereocenters. The molecule has 0 aliphatic carbocycles. The van der Waals surface area contributed by atoms with Crippen molar-refractivity contribution in [1.82, 2.24) is 15.0 Å². The molecular weight excluding hydrogens is 372 g/mol. The van der Waals surface area contributed by atoms with Crippen LogP contribution in [0.25, 0.3) is 22.4 Å². The first-order valence-electron chi connectivity index (χ1n) is 8.88. The van der Waals surface area contributed by atoms with Crippen molar-refractivity contribution in [3.05, 3.63) is 60.4 Å². The number of carbonyl (C=O) groups excluding carboxylic acids is 1. The van der Waals surface area contributed by atoms with Gasteiger partial charge in [-0.25, -0.2) is 9.97 Å². The molecule has 4 aromatic rings. The molecule has 4 rings (SSSR count). The molecule has 5 N–H and O–H groups in total.